The first kappa shape index (κ1) is 24.5. The highest BCUT2D eigenvalue weighted by molar-refractivity contribution is 8.16. The van der Waals surface area contributed by atoms with E-state index in [2.05, 4.69) is 10.6 Å². The number of hydrogen-bond donors (Lipinski definition) is 2. The molecule has 3 aromatic carbocycles. The number of allylic oxidation sites excluding steroid dienone is 1. The van der Waals surface area contributed by atoms with Crippen LogP contribution in [0.4, 0.5) is 10.1 Å². The molecule has 0 bridgehead atoms. The van der Waals surface area contributed by atoms with Gasteiger partial charge < -0.3 is 15.5 Å². The largest absolute Gasteiger partial charge is 0.352 e. The molecule has 3 aromatic rings. The van der Waals surface area contributed by atoms with Crippen molar-refractivity contribution in [2.45, 2.75) is 25.9 Å². The highest BCUT2D eigenvalue weighted by atomic mass is 32.2. The molecular formula is C29H25FN4O2S. The van der Waals surface area contributed by atoms with Crippen LogP contribution >= 0.6 is 11.8 Å². The lowest BCUT2D eigenvalue weighted by Gasteiger charge is -2.36. The summed E-state index contributed by atoms with van der Waals surface area (Å²) >= 11 is 1.41. The second kappa shape index (κ2) is 10.8. The summed E-state index contributed by atoms with van der Waals surface area (Å²) in [5, 5.41) is 8.48. The lowest BCUT2D eigenvalue weighted by Crippen LogP contribution is -2.38. The summed E-state index contributed by atoms with van der Waals surface area (Å²) in [7, 11) is 0. The molecule has 0 saturated heterocycles. The van der Waals surface area contributed by atoms with E-state index in [0.29, 0.717) is 28.7 Å². The van der Waals surface area contributed by atoms with Gasteiger partial charge in [0.05, 0.1) is 23.7 Å². The fourth-order valence-corrected chi connectivity index (χ4v) is 5.33. The molecule has 1 unspecified atom stereocenters. The summed E-state index contributed by atoms with van der Waals surface area (Å²) in [5.74, 6) is -0.807. The van der Waals surface area contributed by atoms with Crippen LogP contribution in [0.15, 0.2) is 112 Å². The normalized spacial score (nSPS) is 16.6. The average molecular weight is 513 g/mol. The molecule has 0 spiro atoms. The minimum absolute atomic E-state index is 0.114. The standard InChI is InChI=1S/C29H25FN4O2S/c1-19-26(28(36)33-23-10-6-3-7-11-23)27(21-12-14-22(30)15-13-21)34-24(18-37-29(34)32-19)16-25(35)31-17-20-8-4-2-5-9-20/h2-15,18,27H,16-17H2,1H3,(H,31,35)(H,33,36). The summed E-state index contributed by atoms with van der Waals surface area (Å²) < 4.78 is 13.8. The number of aliphatic imine (C=N–C) groups is 1. The topological polar surface area (TPSA) is 73.8 Å². The predicted octanol–water partition coefficient (Wildman–Crippen LogP) is 5.75. The maximum Gasteiger partial charge on any atom is 0.255 e. The van der Waals surface area contributed by atoms with Crippen molar-refractivity contribution in [3.05, 3.63) is 124 Å². The van der Waals surface area contributed by atoms with E-state index < -0.39 is 6.04 Å². The number of amides is 2. The van der Waals surface area contributed by atoms with E-state index in [9.17, 15) is 14.0 Å². The molecule has 37 heavy (non-hydrogen) atoms. The van der Waals surface area contributed by atoms with Gasteiger partial charge in [-0.05, 0) is 47.7 Å². The summed E-state index contributed by atoms with van der Waals surface area (Å²) in [6.07, 6.45) is 0.114. The second-order valence-corrected chi connectivity index (χ2v) is 9.54. The molecule has 2 aliphatic heterocycles. The molecule has 0 saturated carbocycles. The lowest BCUT2D eigenvalue weighted by atomic mass is 9.93. The molecule has 2 heterocycles. The molecule has 186 valence electrons. The zero-order valence-corrected chi connectivity index (χ0v) is 21.0. The van der Waals surface area contributed by atoms with Crippen LogP contribution in [0.3, 0.4) is 0 Å². The number of nitrogens with zero attached hydrogens (tertiary/aromatic N) is 2. The number of para-hydroxylation sites is 1. The summed E-state index contributed by atoms with van der Waals surface area (Å²) in [4.78, 5) is 33.1. The highest BCUT2D eigenvalue weighted by Crippen LogP contribution is 2.44. The molecule has 6 nitrogen and oxygen atoms in total. The van der Waals surface area contributed by atoms with E-state index >= 15 is 0 Å². The number of rotatable bonds is 7. The van der Waals surface area contributed by atoms with Crippen LogP contribution in [0, 0.1) is 5.82 Å². The van der Waals surface area contributed by atoms with E-state index in [1.807, 2.05) is 71.0 Å². The van der Waals surface area contributed by atoms with Crippen molar-refractivity contribution in [1.82, 2.24) is 10.2 Å². The van der Waals surface area contributed by atoms with Gasteiger partial charge in [0, 0.05) is 17.9 Å². The van der Waals surface area contributed by atoms with Crippen molar-refractivity contribution in [1.29, 1.82) is 0 Å². The molecule has 2 aliphatic rings. The Morgan fingerprint density at radius 1 is 0.973 bits per heavy atom. The Bertz CT molecular complexity index is 1400. The zero-order chi connectivity index (χ0) is 25.8. The summed E-state index contributed by atoms with van der Waals surface area (Å²) in [5.41, 5.74) is 4.13. The van der Waals surface area contributed by atoms with Crippen LogP contribution in [0.1, 0.15) is 30.5 Å². The monoisotopic (exact) mass is 512 g/mol. The van der Waals surface area contributed by atoms with Gasteiger partial charge in [-0.25, -0.2) is 9.38 Å². The molecule has 0 radical (unpaired) electrons. The number of benzene rings is 3. The fraction of sp³-hybridized carbons (Fsp3) is 0.138. The minimum atomic E-state index is -0.569. The quantitative estimate of drug-likeness (QED) is 0.423. The Kier molecular flexibility index (Phi) is 7.18. The van der Waals surface area contributed by atoms with Crippen LogP contribution in [0.5, 0.6) is 0 Å². The van der Waals surface area contributed by atoms with Crippen molar-refractivity contribution >= 4 is 34.4 Å². The molecular weight excluding hydrogens is 487 g/mol. The maximum atomic E-state index is 13.8. The fourth-order valence-electron chi connectivity index (χ4n) is 4.36. The van der Waals surface area contributed by atoms with E-state index in [1.54, 1.807) is 19.1 Å². The Morgan fingerprint density at radius 3 is 2.35 bits per heavy atom. The van der Waals surface area contributed by atoms with Crippen molar-refractivity contribution in [3.63, 3.8) is 0 Å². The van der Waals surface area contributed by atoms with Gasteiger partial charge in [-0.15, -0.1) is 0 Å². The third-order valence-electron chi connectivity index (χ3n) is 6.14. The molecule has 8 heteroatoms. The number of anilines is 1. The van der Waals surface area contributed by atoms with Crippen molar-refractivity contribution in [2.24, 2.45) is 4.99 Å². The molecule has 5 rings (SSSR count). The third kappa shape index (κ3) is 5.49. The van der Waals surface area contributed by atoms with Crippen molar-refractivity contribution in [3.8, 4) is 0 Å². The van der Waals surface area contributed by atoms with Crippen LogP contribution < -0.4 is 10.6 Å². The number of fused-ring (bicyclic) bond motifs is 1. The number of nitrogens with one attached hydrogen (secondary N) is 2. The second-order valence-electron chi connectivity index (χ2n) is 8.70. The Morgan fingerprint density at radius 2 is 1.65 bits per heavy atom. The summed E-state index contributed by atoms with van der Waals surface area (Å²) in [6, 6.07) is 24.4. The first-order valence-electron chi connectivity index (χ1n) is 11.9. The van der Waals surface area contributed by atoms with Gasteiger partial charge in [0.1, 0.15) is 5.82 Å². The zero-order valence-electron chi connectivity index (χ0n) is 20.1. The number of thioether (sulfide) groups is 1. The van der Waals surface area contributed by atoms with Gasteiger partial charge in [-0.2, -0.15) is 0 Å². The molecule has 2 amide bonds. The lowest BCUT2D eigenvalue weighted by molar-refractivity contribution is -0.120. The van der Waals surface area contributed by atoms with Crippen molar-refractivity contribution < 1.29 is 14.0 Å². The van der Waals surface area contributed by atoms with Gasteiger partial charge in [-0.3, -0.25) is 9.59 Å². The van der Waals surface area contributed by atoms with Gasteiger partial charge in [-0.1, -0.05) is 72.4 Å². The molecule has 2 N–H and O–H groups in total. The number of halogens is 1. The summed E-state index contributed by atoms with van der Waals surface area (Å²) in [6.45, 7) is 2.22. The predicted molar refractivity (Wildman–Crippen MR) is 145 cm³/mol. The SMILES string of the molecule is CC1=C(C(=O)Nc2ccccc2)C(c2ccc(F)cc2)N2C(CC(=O)NCc3ccccc3)=CSC2=N1. The number of amidine groups is 1. The first-order valence-corrected chi connectivity index (χ1v) is 12.7. The minimum Gasteiger partial charge on any atom is -0.352 e. The molecule has 0 aromatic heterocycles. The van der Waals surface area contributed by atoms with E-state index in [4.69, 9.17) is 4.99 Å². The van der Waals surface area contributed by atoms with Gasteiger partial charge in [0.15, 0.2) is 5.17 Å². The van der Waals surface area contributed by atoms with E-state index in [0.717, 1.165) is 16.8 Å². The average Bonchev–Trinajstić information content (AvgIpc) is 3.30. The first-order chi connectivity index (χ1) is 18.0. The molecule has 0 aliphatic carbocycles. The van der Waals surface area contributed by atoms with E-state index in [-0.39, 0.29) is 24.1 Å². The Labute approximate surface area is 219 Å². The maximum absolute atomic E-state index is 13.8. The van der Waals surface area contributed by atoms with Gasteiger partial charge in [0.25, 0.3) is 5.91 Å². The van der Waals surface area contributed by atoms with Crippen LogP contribution in [0.25, 0.3) is 0 Å². The smallest absolute Gasteiger partial charge is 0.255 e. The molecule has 0 fully saturated rings. The molecule has 1 atom stereocenters. The Hall–Kier alpha value is -4.17. The number of hydrogen-bond acceptors (Lipinski definition) is 5. The highest BCUT2D eigenvalue weighted by Gasteiger charge is 2.40. The number of carbonyl (C=O) groups is 2. The van der Waals surface area contributed by atoms with Gasteiger partial charge in [0.2, 0.25) is 5.91 Å². The van der Waals surface area contributed by atoms with Crippen molar-refractivity contribution in [2.75, 3.05) is 5.32 Å². The van der Waals surface area contributed by atoms with Crippen LogP contribution in [-0.4, -0.2) is 21.9 Å². The van der Waals surface area contributed by atoms with Crippen LogP contribution in [-0.2, 0) is 16.1 Å². The Balaban J connectivity index is 1.43. The third-order valence-corrected chi connectivity index (χ3v) is 7.03. The van der Waals surface area contributed by atoms with Gasteiger partial charge >= 0.3 is 0 Å². The van der Waals surface area contributed by atoms with E-state index in [1.165, 1.54) is 23.9 Å². The van der Waals surface area contributed by atoms with Crippen LogP contribution in [0.2, 0.25) is 0 Å². The number of carbonyl (C=O) groups excluding carboxylic acids is 2.